The molecule has 0 saturated carbocycles. The number of aromatic amines is 1. The smallest absolute Gasteiger partial charge is 0.266 e. The summed E-state index contributed by atoms with van der Waals surface area (Å²) in [7, 11) is 0. The van der Waals surface area contributed by atoms with E-state index >= 15 is 0 Å². The topological polar surface area (TPSA) is 57.8 Å². The first kappa shape index (κ1) is 14.8. The molecule has 96 valence electrons. The predicted molar refractivity (Wildman–Crippen MR) is 79.8 cm³/mol. The Morgan fingerprint density at radius 3 is 2.94 bits per heavy atom. The highest BCUT2D eigenvalue weighted by atomic mass is 127. The number of anilines is 1. The molecule has 0 saturated heterocycles. The van der Waals surface area contributed by atoms with E-state index in [4.69, 9.17) is 11.6 Å². The Hall–Kier alpha value is -0.300. The second kappa shape index (κ2) is 6.58. The quantitative estimate of drug-likeness (QED) is 0.599. The van der Waals surface area contributed by atoms with Crippen molar-refractivity contribution >= 4 is 40.0 Å². The summed E-state index contributed by atoms with van der Waals surface area (Å²) in [6, 6.07) is 0. The van der Waals surface area contributed by atoms with Crippen LogP contribution >= 0.6 is 34.2 Å². The Kier molecular flexibility index (Phi) is 5.72. The van der Waals surface area contributed by atoms with E-state index in [1.54, 1.807) is 0 Å². The molecule has 0 radical (unpaired) electrons. The molecule has 0 amide bonds. The van der Waals surface area contributed by atoms with Crippen molar-refractivity contribution in [2.45, 2.75) is 26.7 Å². The van der Waals surface area contributed by atoms with E-state index in [0.717, 1.165) is 19.4 Å². The summed E-state index contributed by atoms with van der Waals surface area (Å²) in [6.45, 7) is 5.12. The molecule has 1 heterocycles. The van der Waals surface area contributed by atoms with Crippen molar-refractivity contribution in [3.63, 3.8) is 0 Å². The molecular weight excluding hydrogens is 352 g/mol. The maximum Gasteiger partial charge on any atom is 0.266 e. The minimum absolute atomic E-state index is 0.110. The summed E-state index contributed by atoms with van der Waals surface area (Å²) in [5.74, 6) is 1.33. The van der Waals surface area contributed by atoms with Crippen molar-refractivity contribution in [3.05, 3.63) is 20.3 Å². The minimum Gasteiger partial charge on any atom is -0.368 e. The van der Waals surface area contributed by atoms with E-state index in [0.29, 0.717) is 15.3 Å². The lowest BCUT2D eigenvalue weighted by atomic mass is 9.88. The van der Waals surface area contributed by atoms with Crippen molar-refractivity contribution in [2.24, 2.45) is 5.41 Å². The molecule has 0 bridgehead atoms. The molecule has 0 spiro atoms. The van der Waals surface area contributed by atoms with Crippen LogP contribution in [0.15, 0.2) is 11.1 Å². The zero-order valence-electron chi connectivity index (χ0n) is 10.0. The molecule has 0 aromatic carbocycles. The van der Waals surface area contributed by atoms with Crippen LogP contribution in [0.5, 0.6) is 0 Å². The normalized spacial score (nSPS) is 11.5. The van der Waals surface area contributed by atoms with Gasteiger partial charge in [0.2, 0.25) is 0 Å². The standard InChI is InChI=1S/C11H17ClIN3O/c1-11(2,4-3-5-12)6-14-9-8(13)10(17)16-7-15-9/h7H,3-6H2,1-2H3,(H2,14,15,16,17). The second-order valence-electron chi connectivity index (χ2n) is 4.70. The van der Waals surface area contributed by atoms with E-state index < -0.39 is 0 Å². The first-order valence-electron chi connectivity index (χ1n) is 5.49. The summed E-state index contributed by atoms with van der Waals surface area (Å²) in [4.78, 5) is 18.0. The molecule has 4 nitrogen and oxygen atoms in total. The van der Waals surface area contributed by atoms with Crippen LogP contribution in [-0.2, 0) is 0 Å². The van der Waals surface area contributed by atoms with Crippen LogP contribution in [0.1, 0.15) is 26.7 Å². The highest BCUT2D eigenvalue weighted by molar-refractivity contribution is 14.1. The first-order valence-corrected chi connectivity index (χ1v) is 7.10. The molecule has 0 aliphatic carbocycles. The molecule has 0 aliphatic rings. The fraction of sp³-hybridized carbons (Fsp3) is 0.636. The molecule has 0 unspecified atom stereocenters. The van der Waals surface area contributed by atoms with Gasteiger partial charge >= 0.3 is 0 Å². The van der Waals surface area contributed by atoms with Gasteiger partial charge in [-0.25, -0.2) is 4.98 Å². The van der Waals surface area contributed by atoms with Gasteiger partial charge in [-0.05, 0) is 40.8 Å². The number of hydrogen-bond donors (Lipinski definition) is 2. The zero-order chi connectivity index (χ0) is 12.9. The third-order valence-corrected chi connectivity index (χ3v) is 3.79. The molecule has 17 heavy (non-hydrogen) atoms. The summed E-state index contributed by atoms with van der Waals surface area (Å²) in [5.41, 5.74) is 0.0316. The molecule has 6 heteroatoms. The van der Waals surface area contributed by atoms with Gasteiger partial charge in [-0.3, -0.25) is 4.79 Å². The largest absolute Gasteiger partial charge is 0.368 e. The van der Waals surface area contributed by atoms with Gasteiger partial charge in [0.1, 0.15) is 9.39 Å². The van der Waals surface area contributed by atoms with Gasteiger partial charge in [0, 0.05) is 12.4 Å². The van der Waals surface area contributed by atoms with Crippen LogP contribution in [0.3, 0.4) is 0 Å². The summed E-state index contributed by atoms with van der Waals surface area (Å²) in [5, 5.41) is 3.22. The van der Waals surface area contributed by atoms with Gasteiger partial charge in [0.25, 0.3) is 5.56 Å². The van der Waals surface area contributed by atoms with Gasteiger partial charge in [0.05, 0.1) is 6.33 Å². The first-order chi connectivity index (χ1) is 7.96. The van der Waals surface area contributed by atoms with E-state index in [-0.39, 0.29) is 11.0 Å². The van der Waals surface area contributed by atoms with E-state index in [2.05, 4.69) is 29.1 Å². The molecule has 2 N–H and O–H groups in total. The molecule has 1 rings (SSSR count). The number of H-pyrrole nitrogens is 1. The average Bonchev–Trinajstić information content (AvgIpc) is 2.29. The zero-order valence-corrected chi connectivity index (χ0v) is 12.9. The maximum absolute atomic E-state index is 11.4. The number of aromatic nitrogens is 2. The Balaban J connectivity index is 2.61. The lowest BCUT2D eigenvalue weighted by molar-refractivity contribution is 0.355. The fourth-order valence-electron chi connectivity index (χ4n) is 1.46. The highest BCUT2D eigenvalue weighted by Crippen LogP contribution is 2.23. The second-order valence-corrected chi connectivity index (χ2v) is 6.16. The molecule has 0 atom stereocenters. The van der Waals surface area contributed by atoms with Crippen LogP contribution < -0.4 is 10.9 Å². The maximum atomic E-state index is 11.4. The Morgan fingerprint density at radius 2 is 2.29 bits per heavy atom. The van der Waals surface area contributed by atoms with Crippen molar-refractivity contribution in [2.75, 3.05) is 17.7 Å². The van der Waals surface area contributed by atoms with Crippen LogP contribution in [0.4, 0.5) is 5.82 Å². The highest BCUT2D eigenvalue weighted by Gasteiger charge is 2.18. The minimum atomic E-state index is -0.110. The van der Waals surface area contributed by atoms with Crippen LogP contribution in [-0.4, -0.2) is 22.4 Å². The molecular formula is C11H17ClIN3O. The number of halogens is 2. The van der Waals surface area contributed by atoms with Crippen molar-refractivity contribution < 1.29 is 0 Å². The van der Waals surface area contributed by atoms with Gasteiger partial charge in [-0.1, -0.05) is 13.8 Å². The summed E-state index contributed by atoms with van der Waals surface area (Å²) >= 11 is 7.69. The number of rotatable bonds is 6. The Labute approximate surface area is 120 Å². The average molecular weight is 370 g/mol. The number of alkyl halides is 1. The predicted octanol–water partition coefficient (Wildman–Crippen LogP) is 2.83. The fourth-order valence-corrected chi connectivity index (χ4v) is 2.08. The van der Waals surface area contributed by atoms with Gasteiger partial charge in [-0.2, -0.15) is 0 Å². The third-order valence-electron chi connectivity index (χ3n) is 2.52. The molecule has 0 fully saturated rings. The lowest BCUT2D eigenvalue weighted by Crippen LogP contribution is -2.25. The number of hydrogen-bond acceptors (Lipinski definition) is 3. The molecule has 1 aromatic heterocycles. The Morgan fingerprint density at radius 1 is 1.59 bits per heavy atom. The monoisotopic (exact) mass is 369 g/mol. The van der Waals surface area contributed by atoms with E-state index in [1.165, 1.54) is 6.33 Å². The van der Waals surface area contributed by atoms with Gasteiger partial charge < -0.3 is 10.3 Å². The molecule has 0 aliphatic heterocycles. The SMILES string of the molecule is CC(C)(CCCCl)CNc1nc[nH]c(=O)c1I. The van der Waals surface area contributed by atoms with Crippen molar-refractivity contribution in [1.29, 1.82) is 0 Å². The van der Waals surface area contributed by atoms with Crippen LogP contribution in [0.25, 0.3) is 0 Å². The van der Waals surface area contributed by atoms with E-state index in [1.807, 2.05) is 22.6 Å². The Bertz CT molecular complexity index is 419. The molecule has 1 aromatic rings. The number of nitrogens with zero attached hydrogens (tertiary/aromatic N) is 1. The third kappa shape index (κ3) is 4.83. The van der Waals surface area contributed by atoms with Crippen molar-refractivity contribution in [1.82, 2.24) is 9.97 Å². The van der Waals surface area contributed by atoms with Crippen molar-refractivity contribution in [3.8, 4) is 0 Å². The van der Waals surface area contributed by atoms with Gasteiger partial charge in [0.15, 0.2) is 0 Å². The summed E-state index contributed by atoms with van der Waals surface area (Å²) < 4.78 is 0.596. The lowest BCUT2D eigenvalue weighted by Gasteiger charge is -2.25. The van der Waals surface area contributed by atoms with Crippen LogP contribution in [0.2, 0.25) is 0 Å². The van der Waals surface area contributed by atoms with Gasteiger partial charge in [-0.15, -0.1) is 11.6 Å². The van der Waals surface area contributed by atoms with Crippen LogP contribution in [0, 0.1) is 8.99 Å². The number of nitrogens with one attached hydrogen (secondary N) is 2. The van der Waals surface area contributed by atoms with E-state index in [9.17, 15) is 4.79 Å². The summed E-state index contributed by atoms with van der Waals surface area (Å²) in [6.07, 6.45) is 3.46.